The van der Waals surface area contributed by atoms with Gasteiger partial charge in [0.2, 0.25) is 0 Å². The van der Waals surface area contributed by atoms with Crippen LogP contribution < -0.4 is 0 Å². The predicted molar refractivity (Wildman–Crippen MR) is 97.1 cm³/mol. The number of hydrogen-bond donors (Lipinski definition) is 0. The van der Waals surface area contributed by atoms with Crippen molar-refractivity contribution in [1.82, 2.24) is 0 Å². The van der Waals surface area contributed by atoms with E-state index in [0.717, 1.165) is 25.4 Å². The Morgan fingerprint density at radius 3 is 1.50 bits per heavy atom. The van der Waals surface area contributed by atoms with E-state index in [1.807, 2.05) is 0 Å². The molecule has 2 bridgehead atoms. The van der Waals surface area contributed by atoms with Gasteiger partial charge in [0.05, 0.1) is 25.7 Å². The Balaban J connectivity index is 1.70. The maximum atomic E-state index is 11.6. The van der Waals surface area contributed by atoms with Gasteiger partial charge >= 0.3 is 0 Å². The maximum Gasteiger partial charge on any atom is 0.264 e. The number of hydrogen-bond acceptors (Lipinski definition) is 6. The van der Waals surface area contributed by atoms with Gasteiger partial charge in [-0.05, 0) is 36.5 Å². The first kappa shape index (κ1) is 18.4. The molecule has 0 heterocycles. The maximum absolute atomic E-state index is 11.6. The molecule has 0 amide bonds. The summed E-state index contributed by atoms with van der Waals surface area (Å²) in [5.41, 5.74) is -0.0391. The molecule has 0 N–H and O–H groups in total. The second-order valence-electron chi connectivity index (χ2n) is 8.04. The lowest BCUT2D eigenvalue weighted by Crippen LogP contribution is -2.66. The Labute approximate surface area is 155 Å². The van der Waals surface area contributed by atoms with E-state index in [2.05, 4.69) is 36.5 Å². The molecule has 6 unspecified atom stereocenters. The molecule has 0 spiro atoms. The van der Waals surface area contributed by atoms with E-state index in [0.29, 0.717) is 0 Å². The highest BCUT2D eigenvalue weighted by molar-refractivity contribution is 7.86. The lowest BCUT2D eigenvalue weighted by atomic mass is 9.33. The summed E-state index contributed by atoms with van der Waals surface area (Å²) in [5.74, 6) is 0.00632. The Hall–Kier alpha value is -0.960. The van der Waals surface area contributed by atoms with Crippen molar-refractivity contribution in [2.75, 3.05) is 25.7 Å². The minimum atomic E-state index is -3.57. The summed E-state index contributed by atoms with van der Waals surface area (Å²) in [4.78, 5) is 0. The van der Waals surface area contributed by atoms with E-state index in [9.17, 15) is 16.8 Å². The van der Waals surface area contributed by atoms with Crippen LogP contribution >= 0.6 is 0 Å². The molecule has 0 aromatic heterocycles. The van der Waals surface area contributed by atoms with E-state index >= 15 is 0 Å². The summed E-state index contributed by atoms with van der Waals surface area (Å²) >= 11 is 0. The highest BCUT2D eigenvalue weighted by Gasteiger charge is 2.69. The van der Waals surface area contributed by atoms with Crippen molar-refractivity contribution in [3.63, 3.8) is 0 Å². The molecule has 26 heavy (non-hydrogen) atoms. The van der Waals surface area contributed by atoms with Gasteiger partial charge in [0.25, 0.3) is 20.2 Å². The summed E-state index contributed by atoms with van der Waals surface area (Å²) in [6.45, 7) is 0.106. The van der Waals surface area contributed by atoms with Crippen molar-refractivity contribution in [3.05, 3.63) is 36.5 Å². The van der Waals surface area contributed by atoms with Gasteiger partial charge < -0.3 is 0 Å². The normalized spacial score (nSPS) is 43.0. The van der Waals surface area contributed by atoms with Crippen molar-refractivity contribution in [1.29, 1.82) is 0 Å². The molecule has 144 valence electrons. The molecular formula is C18H24O6S2. The van der Waals surface area contributed by atoms with Crippen LogP contribution in [-0.4, -0.2) is 42.6 Å². The predicted octanol–water partition coefficient (Wildman–Crippen LogP) is 1.88. The molecule has 5 aliphatic carbocycles. The fourth-order valence-electron chi connectivity index (χ4n) is 5.72. The van der Waals surface area contributed by atoms with Crippen LogP contribution in [0.1, 0.15) is 12.8 Å². The van der Waals surface area contributed by atoms with Crippen LogP contribution in [-0.2, 0) is 28.6 Å². The molecule has 1 fully saturated rings. The standard InChI is InChI=1S/C18H24O6S2/c1-25(19,20)23-11-13-14(12-24-26(2,21)22)16-6-5-15(13)17-7-3-4-8-18(16,17)10-9-17/h3-6,9-10,13-16H,7-8,11-12H2,1-2H3. The number of allylic oxidation sites excluding steroid dienone is 6. The van der Waals surface area contributed by atoms with E-state index < -0.39 is 20.2 Å². The molecule has 0 aromatic carbocycles. The van der Waals surface area contributed by atoms with Gasteiger partial charge in [-0.25, -0.2) is 0 Å². The van der Waals surface area contributed by atoms with Crippen molar-refractivity contribution in [2.45, 2.75) is 12.8 Å². The zero-order valence-corrected chi connectivity index (χ0v) is 16.5. The van der Waals surface area contributed by atoms with Crippen LogP contribution in [0.25, 0.3) is 0 Å². The van der Waals surface area contributed by atoms with Crippen LogP contribution in [0, 0.1) is 34.5 Å². The third-order valence-electron chi connectivity index (χ3n) is 6.76. The molecule has 5 rings (SSSR count). The van der Waals surface area contributed by atoms with Crippen LogP contribution in [0.5, 0.6) is 0 Å². The molecule has 5 aliphatic rings. The SMILES string of the molecule is CS(=O)(=O)OCC1C(COS(C)(=O)=O)C2C=CC1C13C=CC21CC=CC3. The average molecular weight is 401 g/mol. The van der Waals surface area contributed by atoms with Crippen molar-refractivity contribution >= 4 is 20.2 Å². The first-order valence-electron chi connectivity index (χ1n) is 8.81. The molecular weight excluding hydrogens is 376 g/mol. The lowest BCUT2D eigenvalue weighted by Gasteiger charge is -2.70. The average Bonchev–Trinajstić information content (AvgIpc) is 2.51. The summed E-state index contributed by atoms with van der Waals surface area (Å²) in [7, 11) is -7.14. The van der Waals surface area contributed by atoms with Crippen molar-refractivity contribution in [2.24, 2.45) is 34.5 Å². The van der Waals surface area contributed by atoms with Gasteiger partial charge in [0.15, 0.2) is 0 Å². The number of rotatable bonds is 6. The van der Waals surface area contributed by atoms with Crippen molar-refractivity contribution < 1.29 is 25.2 Å². The third-order valence-corrected chi connectivity index (χ3v) is 7.89. The summed E-state index contributed by atoms with van der Waals surface area (Å²) in [6, 6.07) is 0. The monoisotopic (exact) mass is 400 g/mol. The minimum absolute atomic E-state index is 0.0196. The lowest BCUT2D eigenvalue weighted by molar-refractivity contribution is -0.130. The summed E-state index contributed by atoms with van der Waals surface area (Å²) < 4.78 is 56.5. The Kier molecular flexibility index (Phi) is 4.08. The molecule has 0 radical (unpaired) electrons. The van der Waals surface area contributed by atoms with Crippen LogP contribution in [0.4, 0.5) is 0 Å². The minimum Gasteiger partial charge on any atom is -0.270 e. The van der Waals surface area contributed by atoms with Gasteiger partial charge in [-0.1, -0.05) is 36.5 Å². The zero-order valence-electron chi connectivity index (χ0n) is 14.9. The fourth-order valence-corrected chi connectivity index (χ4v) is 6.53. The molecule has 8 heteroatoms. The fraction of sp³-hybridized carbons (Fsp3) is 0.667. The summed E-state index contributed by atoms with van der Waals surface area (Å²) in [6.07, 6.45) is 17.2. The van der Waals surface area contributed by atoms with Crippen molar-refractivity contribution in [3.8, 4) is 0 Å². The molecule has 0 saturated heterocycles. The second kappa shape index (κ2) is 5.77. The third kappa shape index (κ3) is 2.65. The first-order chi connectivity index (χ1) is 12.1. The molecule has 6 nitrogen and oxygen atoms in total. The molecule has 0 aliphatic heterocycles. The van der Waals surface area contributed by atoms with E-state index in [1.165, 1.54) is 0 Å². The zero-order chi connectivity index (χ0) is 18.8. The largest absolute Gasteiger partial charge is 0.270 e. The second-order valence-corrected chi connectivity index (χ2v) is 11.3. The van der Waals surface area contributed by atoms with Gasteiger partial charge in [-0.2, -0.15) is 16.8 Å². The van der Waals surface area contributed by atoms with Gasteiger partial charge in [0.1, 0.15) is 0 Å². The van der Waals surface area contributed by atoms with E-state index in [1.54, 1.807) is 0 Å². The molecule has 6 atom stereocenters. The quantitative estimate of drug-likeness (QED) is 0.500. The van der Waals surface area contributed by atoms with Gasteiger partial charge in [0, 0.05) is 10.8 Å². The van der Waals surface area contributed by atoms with Crippen LogP contribution in [0.2, 0.25) is 0 Å². The Morgan fingerprint density at radius 1 is 0.808 bits per heavy atom. The summed E-state index contributed by atoms with van der Waals surface area (Å²) in [5, 5.41) is 0. The highest BCUT2D eigenvalue weighted by atomic mass is 32.2. The topological polar surface area (TPSA) is 86.7 Å². The number of fused-ring (bicyclic) bond motifs is 1. The Morgan fingerprint density at radius 2 is 1.19 bits per heavy atom. The first-order valence-corrected chi connectivity index (χ1v) is 12.4. The van der Waals surface area contributed by atoms with E-state index in [-0.39, 0.29) is 47.7 Å². The Bertz CT molecular complexity index is 828. The van der Waals surface area contributed by atoms with Gasteiger partial charge in [-0.15, -0.1) is 0 Å². The molecule has 0 aromatic rings. The van der Waals surface area contributed by atoms with Crippen LogP contribution in [0.15, 0.2) is 36.5 Å². The smallest absolute Gasteiger partial charge is 0.264 e. The van der Waals surface area contributed by atoms with Crippen LogP contribution in [0.3, 0.4) is 0 Å². The van der Waals surface area contributed by atoms with E-state index in [4.69, 9.17) is 8.37 Å². The molecule has 1 saturated carbocycles. The van der Waals surface area contributed by atoms with Gasteiger partial charge in [-0.3, -0.25) is 8.37 Å². The highest BCUT2D eigenvalue weighted by Crippen LogP contribution is 2.74.